The molecule has 0 radical (unpaired) electrons. The van der Waals surface area contributed by atoms with E-state index in [1.54, 1.807) is 30.9 Å². The molecular weight excluding hydrogens is 498 g/mol. The van der Waals surface area contributed by atoms with Gasteiger partial charge in [0.05, 0.1) is 29.2 Å². The van der Waals surface area contributed by atoms with Crippen LogP contribution in [-0.2, 0) is 6.54 Å². The summed E-state index contributed by atoms with van der Waals surface area (Å²) in [6.45, 7) is 2.66. The van der Waals surface area contributed by atoms with Crippen molar-refractivity contribution in [3.05, 3.63) is 59.5 Å². The molecule has 2 N–H and O–H groups in total. The number of amides is 1. The predicted octanol–water partition coefficient (Wildman–Crippen LogP) is 3.13. The normalized spacial score (nSPS) is 18.7. The lowest BCUT2D eigenvalue weighted by atomic mass is 9.73. The minimum atomic E-state index is -0.171. The van der Waals surface area contributed by atoms with Crippen LogP contribution in [0.2, 0.25) is 5.02 Å². The van der Waals surface area contributed by atoms with Gasteiger partial charge in [-0.15, -0.1) is 0 Å². The van der Waals surface area contributed by atoms with Crippen LogP contribution < -0.4 is 10.6 Å². The SMILES string of the molecule is CN(C)C(=O)c1cn2ccc(Sc3cnc(N4CCC5(CC4)Cn4nccc4[C@H]5N)cn3)c(Cl)c2n1. The average Bonchev–Trinajstić information content (AvgIpc) is 3.58. The van der Waals surface area contributed by atoms with E-state index >= 15 is 0 Å². The van der Waals surface area contributed by atoms with Gasteiger partial charge >= 0.3 is 0 Å². The molecule has 12 heteroatoms. The molecule has 6 rings (SSSR count). The van der Waals surface area contributed by atoms with Gasteiger partial charge in [-0.3, -0.25) is 9.48 Å². The second-order valence-electron chi connectivity index (χ2n) is 9.61. The van der Waals surface area contributed by atoms with Gasteiger partial charge in [-0.1, -0.05) is 23.4 Å². The van der Waals surface area contributed by atoms with E-state index in [0.717, 1.165) is 53.9 Å². The van der Waals surface area contributed by atoms with E-state index in [2.05, 4.69) is 29.6 Å². The highest BCUT2D eigenvalue weighted by molar-refractivity contribution is 7.99. The predicted molar refractivity (Wildman–Crippen MR) is 137 cm³/mol. The summed E-state index contributed by atoms with van der Waals surface area (Å²) in [6, 6.07) is 3.95. The third kappa shape index (κ3) is 3.82. The minimum absolute atomic E-state index is 0.0289. The molecule has 2 aliphatic rings. The summed E-state index contributed by atoms with van der Waals surface area (Å²) in [4.78, 5) is 30.6. The Bertz CT molecular complexity index is 1440. The molecule has 10 nitrogen and oxygen atoms in total. The number of carbonyl (C=O) groups excluding carboxylic acids is 1. The number of aromatic nitrogens is 6. The molecule has 6 heterocycles. The first-order valence-electron chi connectivity index (χ1n) is 11.8. The maximum atomic E-state index is 12.3. The number of hydrogen-bond acceptors (Lipinski definition) is 8. The summed E-state index contributed by atoms with van der Waals surface area (Å²) in [5.74, 6) is 0.690. The van der Waals surface area contributed by atoms with Gasteiger partial charge in [0.25, 0.3) is 5.91 Å². The molecule has 0 bridgehead atoms. The fraction of sp³-hybridized carbons (Fsp3) is 0.375. The maximum Gasteiger partial charge on any atom is 0.273 e. The molecule has 1 fully saturated rings. The van der Waals surface area contributed by atoms with Crippen LogP contribution in [-0.4, -0.2) is 67.1 Å². The second kappa shape index (κ2) is 8.75. The van der Waals surface area contributed by atoms with Gasteiger partial charge in [-0.05, 0) is 25.0 Å². The first-order valence-corrected chi connectivity index (χ1v) is 13.0. The third-order valence-corrected chi connectivity index (χ3v) is 8.73. The first kappa shape index (κ1) is 23.3. The van der Waals surface area contributed by atoms with Gasteiger partial charge in [-0.2, -0.15) is 5.10 Å². The van der Waals surface area contributed by atoms with E-state index in [0.29, 0.717) is 16.4 Å². The van der Waals surface area contributed by atoms with Crippen molar-refractivity contribution in [3.8, 4) is 0 Å². The van der Waals surface area contributed by atoms with Crippen molar-refractivity contribution in [1.82, 2.24) is 34.0 Å². The van der Waals surface area contributed by atoms with E-state index in [4.69, 9.17) is 17.3 Å². The number of piperidine rings is 1. The zero-order valence-electron chi connectivity index (χ0n) is 20.0. The molecule has 0 aromatic carbocycles. The number of anilines is 1. The Morgan fingerprint density at radius 1 is 1.22 bits per heavy atom. The molecule has 1 spiro atoms. The zero-order chi connectivity index (χ0) is 25.0. The summed E-state index contributed by atoms with van der Waals surface area (Å²) < 4.78 is 3.81. The van der Waals surface area contributed by atoms with Crippen LogP contribution in [0.25, 0.3) is 5.65 Å². The molecule has 2 aliphatic heterocycles. The number of pyridine rings is 1. The highest BCUT2D eigenvalue weighted by atomic mass is 35.5. The molecule has 0 saturated carbocycles. The van der Waals surface area contributed by atoms with E-state index < -0.39 is 0 Å². The Morgan fingerprint density at radius 2 is 2.03 bits per heavy atom. The quantitative estimate of drug-likeness (QED) is 0.434. The van der Waals surface area contributed by atoms with Gasteiger partial charge in [0, 0.05) is 62.6 Å². The van der Waals surface area contributed by atoms with Crippen LogP contribution in [0.3, 0.4) is 0 Å². The van der Waals surface area contributed by atoms with Crippen LogP contribution in [0, 0.1) is 5.41 Å². The Morgan fingerprint density at radius 3 is 2.72 bits per heavy atom. The summed E-state index contributed by atoms with van der Waals surface area (Å²) in [5.41, 5.74) is 8.70. The lowest BCUT2D eigenvalue weighted by Gasteiger charge is -2.41. The molecule has 4 aromatic rings. The number of hydrogen-bond donors (Lipinski definition) is 1. The van der Waals surface area contributed by atoms with Crippen LogP contribution in [0.5, 0.6) is 0 Å². The fourth-order valence-corrected chi connectivity index (χ4v) is 6.21. The summed E-state index contributed by atoms with van der Waals surface area (Å²) in [5, 5.41) is 5.63. The zero-order valence-corrected chi connectivity index (χ0v) is 21.6. The largest absolute Gasteiger partial charge is 0.355 e. The molecule has 0 aliphatic carbocycles. The van der Waals surface area contributed by atoms with E-state index in [-0.39, 0.29) is 17.4 Å². The lowest BCUT2D eigenvalue weighted by Crippen LogP contribution is -2.45. The number of carbonyl (C=O) groups is 1. The van der Waals surface area contributed by atoms with Crippen LogP contribution in [0.1, 0.15) is 35.1 Å². The van der Waals surface area contributed by atoms with E-state index in [9.17, 15) is 4.79 Å². The number of halogens is 1. The second-order valence-corrected chi connectivity index (χ2v) is 11.0. The van der Waals surface area contributed by atoms with Crippen molar-refractivity contribution in [2.24, 2.45) is 11.1 Å². The van der Waals surface area contributed by atoms with Gasteiger partial charge in [-0.25, -0.2) is 15.0 Å². The summed E-state index contributed by atoms with van der Waals surface area (Å²) in [6.07, 6.45) is 10.9. The summed E-state index contributed by atoms with van der Waals surface area (Å²) in [7, 11) is 3.39. The average molecular weight is 524 g/mol. The van der Waals surface area contributed by atoms with E-state index in [1.807, 2.05) is 30.7 Å². The molecule has 1 saturated heterocycles. The number of nitrogens with two attached hydrogens (primary N) is 1. The summed E-state index contributed by atoms with van der Waals surface area (Å²) >= 11 is 8.06. The van der Waals surface area contributed by atoms with Crippen molar-refractivity contribution in [1.29, 1.82) is 0 Å². The number of rotatable bonds is 4. The van der Waals surface area contributed by atoms with Gasteiger partial charge < -0.3 is 19.9 Å². The number of imidazole rings is 1. The van der Waals surface area contributed by atoms with Crippen molar-refractivity contribution >= 4 is 40.7 Å². The maximum absolute atomic E-state index is 12.3. The number of nitrogens with zero attached hydrogens (tertiary/aromatic N) is 8. The van der Waals surface area contributed by atoms with Gasteiger partial charge in [0.1, 0.15) is 16.5 Å². The van der Waals surface area contributed by atoms with Crippen molar-refractivity contribution in [2.45, 2.75) is 35.3 Å². The molecule has 0 unspecified atom stereocenters. The van der Waals surface area contributed by atoms with Crippen LogP contribution in [0.4, 0.5) is 5.82 Å². The van der Waals surface area contributed by atoms with Crippen molar-refractivity contribution < 1.29 is 4.79 Å². The molecule has 1 atom stereocenters. The Hall–Kier alpha value is -3.15. The van der Waals surface area contributed by atoms with E-state index in [1.165, 1.54) is 16.7 Å². The third-order valence-electron chi connectivity index (χ3n) is 7.26. The molecule has 36 heavy (non-hydrogen) atoms. The van der Waals surface area contributed by atoms with Crippen molar-refractivity contribution in [2.75, 3.05) is 32.1 Å². The Balaban J connectivity index is 1.14. The van der Waals surface area contributed by atoms with Crippen LogP contribution >= 0.6 is 23.4 Å². The van der Waals surface area contributed by atoms with Gasteiger partial charge in [0.15, 0.2) is 5.65 Å². The number of fused-ring (bicyclic) bond motifs is 2. The smallest absolute Gasteiger partial charge is 0.273 e. The topological polar surface area (TPSA) is 110 Å². The molecule has 4 aromatic heterocycles. The Labute approximate surface area is 217 Å². The highest BCUT2D eigenvalue weighted by Crippen LogP contribution is 2.47. The fourth-order valence-electron chi connectivity index (χ4n) is 5.15. The molecule has 1 amide bonds. The monoisotopic (exact) mass is 523 g/mol. The van der Waals surface area contributed by atoms with Crippen molar-refractivity contribution in [3.63, 3.8) is 0 Å². The minimum Gasteiger partial charge on any atom is -0.355 e. The molecular formula is C24H26ClN9OS. The first-order chi connectivity index (χ1) is 17.3. The lowest BCUT2D eigenvalue weighted by molar-refractivity contribution is 0.0822. The molecule has 186 valence electrons. The highest BCUT2D eigenvalue weighted by Gasteiger charge is 2.47. The Kier molecular flexibility index (Phi) is 5.66. The van der Waals surface area contributed by atoms with Gasteiger partial charge in [0.2, 0.25) is 0 Å². The van der Waals surface area contributed by atoms with Crippen LogP contribution in [0.15, 0.2) is 53.0 Å². The standard InChI is InChI=1S/C24H26ClN9OS/c1-31(2)23(35)15-13-33-8-4-17(20(25)22(33)30-15)36-19-12-27-18(11-28-19)32-9-5-24(6-10-32)14-34-16(21(24)26)3-7-29-34/h3-4,7-8,11-13,21H,5-6,9-10,14,26H2,1-2H3/t21-/m1/s1.